The highest BCUT2D eigenvalue weighted by Crippen LogP contribution is 2.33. The molecule has 5 rings (SSSR count). The van der Waals surface area contributed by atoms with Gasteiger partial charge in [0.25, 0.3) is 0 Å². The molecule has 0 aromatic heterocycles. The minimum Gasteiger partial charge on any atom is -0.369 e. The van der Waals surface area contributed by atoms with Gasteiger partial charge in [0, 0.05) is 31.8 Å². The first-order valence-corrected chi connectivity index (χ1v) is 16.1. The molecular weight excluding hydrogens is 480 g/mol. The van der Waals surface area contributed by atoms with Gasteiger partial charge in [0.1, 0.15) is 16.1 Å². The van der Waals surface area contributed by atoms with E-state index >= 15 is 0 Å². The van der Waals surface area contributed by atoms with Crippen molar-refractivity contribution in [2.45, 2.75) is 94.1 Å². The maximum absolute atomic E-state index is 11.9. The number of nitrogens with one attached hydrogen (secondary N) is 3. The highest BCUT2D eigenvalue weighted by Gasteiger charge is 2.42. The predicted octanol–water partition coefficient (Wildman–Crippen LogP) is 0.354. The van der Waals surface area contributed by atoms with Gasteiger partial charge in [-0.3, -0.25) is 24.7 Å². The molecule has 11 heteroatoms. The lowest BCUT2D eigenvalue weighted by atomic mass is 9.88. The van der Waals surface area contributed by atoms with E-state index in [0.717, 1.165) is 90.5 Å². The number of hydroxylamine groups is 1. The largest absolute Gasteiger partial charge is 0.369 e. The van der Waals surface area contributed by atoms with Crippen molar-refractivity contribution in [2.75, 3.05) is 39.0 Å². The Morgan fingerprint density at radius 3 is 2.47 bits per heavy atom. The third-order valence-corrected chi connectivity index (χ3v) is 11.3. The topological polar surface area (TPSA) is 129 Å². The Bertz CT molecular complexity index is 859. The van der Waals surface area contributed by atoms with Crippen molar-refractivity contribution in [2.24, 2.45) is 23.5 Å². The lowest BCUT2D eigenvalue weighted by molar-refractivity contribution is -0.123. The third-order valence-electron chi connectivity index (χ3n) is 9.59. The molecule has 4 aliphatic heterocycles. The summed E-state index contributed by atoms with van der Waals surface area (Å²) >= 11 is 0. The zero-order valence-corrected chi connectivity index (χ0v) is 22.6. The second-order valence-electron chi connectivity index (χ2n) is 11.9. The van der Waals surface area contributed by atoms with E-state index < -0.39 is 9.84 Å². The zero-order chi connectivity index (χ0) is 25.3. The summed E-state index contributed by atoms with van der Waals surface area (Å²) in [7, 11) is -2.91. The van der Waals surface area contributed by atoms with Gasteiger partial charge in [0.15, 0.2) is 0 Å². The summed E-state index contributed by atoms with van der Waals surface area (Å²) in [6.07, 6.45) is 11.7. The number of carbonyl (C=O) groups is 1. The number of primary amides is 1. The fraction of sp³-hybridized carbons (Fsp3) is 0.960. The van der Waals surface area contributed by atoms with E-state index in [1.807, 2.05) is 0 Å². The SMILES string of the molecule is CS(=O)(=O)C1CCC(CN2CCC[C@H]2C2NC(C3CCNC(N4CCC(C(N)=O)CC4)C3)NO2)CC1. The van der Waals surface area contributed by atoms with E-state index in [-0.39, 0.29) is 29.5 Å². The number of likely N-dealkylation sites (tertiary alicyclic amines) is 2. The molecule has 1 aliphatic carbocycles. The van der Waals surface area contributed by atoms with Crippen molar-refractivity contribution in [3.8, 4) is 0 Å². The molecule has 4 saturated heterocycles. The molecule has 5 aliphatic rings. The van der Waals surface area contributed by atoms with Crippen molar-refractivity contribution in [1.82, 2.24) is 25.9 Å². The van der Waals surface area contributed by atoms with Crippen LogP contribution in [-0.2, 0) is 19.5 Å². The Kier molecular flexibility index (Phi) is 8.56. The Balaban J connectivity index is 1.09. The normalized spacial score (nSPS) is 40.0. The van der Waals surface area contributed by atoms with Crippen LogP contribution in [0.15, 0.2) is 0 Å². The number of amides is 1. The number of sulfone groups is 1. The molecule has 36 heavy (non-hydrogen) atoms. The molecule has 0 bridgehead atoms. The molecular formula is C25H46N6O4S. The molecule has 0 radical (unpaired) electrons. The summed E-state index contributed by atoms with van der Waals surface area (Å²) < 4.78 is 23.8. The summed E-state index contributed by atoms with van der Waals surface area (Å²) in [5.41, 5.74) is 8.85. The Hall–Kier alpha value is -0.820. The van der Waals surface area contributed by atoms with Crippen LogP contribution in [0.25, 0.3) is 0 Å². The van der Waals surface area contributed by atoms with Crippen LogP contribution in [0.4, 0.5) is 0 Å². The van der Waals surface area contributed by atoms with E-state index in [2.05, 4.69) is 25.9 Å². The maximum atomic E-state index is 11.9. The third kappa shape index (κ3) is 6.24. The molecule has 4 heterocycles. The molecule has 5 N–H and O–H groups in total. The van der Waals surface area contributed by atoms with Crippen molar-refractivity contribution < 1.29 is 18.0 Å². The van der Waals surface area contributed by atoms with Gasteiger partial charge in [0.2, 0.25) is 5.91 Å². The smallest absolute Gasteiger partial charge is 0.220 e. The second kappa shape index (κ2) is 11.5. The van der Waals surface area contributed by atoms with Gasteiger partial charge in [-0.2, -0.15) is 5.48 Å². The average molecular weight is 527 g/mol. The van der Waals surface area contributed by atoms with Crippen LogP contribution in [0.5, 0.6) is 0 Å². The Labute approximate surface area is 216 Å². The summed E-state index contributed by atoms with van der Waals surface area (Å²) in [4.78, 5) is 22.7. The van der Waals surface area contributed by atoms with Gasteiger partial charge in [-0.1, -0.05) is 0 Å². The molecule has 1 amide bonds. The van der Waals surface area contributed by atoms with Crippen LogP contribution in [0.2, 0.25) is 0 Å². The number of piperidine rings is 2. The van der Waals surface area contributed by atoms with Gasteiger partial charge < -0.3 is 11.1 Å². The van der Waals surface area contributed by atoms with E-state index in [1.165, 1.54) is 12.7 Å². The predicted molar refractivity (Wildman–Crippen MR) is 138 cm³/mol. The quantitative estimate of drug-likeness (QED) is 0.371. The molecule has 5 fully saturated rings. The lowest BCUT2D eigenvalue weighted by Crippen LogP contribution is -2.57. The Morgan fingerprint density at radius 1 is 1.03 bits per heavy atom. The van der Waals surface area contributed by atoms with Crippen LogP contribution in [0, 0.1) is 17.8 Å². The summed E-state index contributed by atoms with van der Waals surface area (Å²) in [5.74, 6) is 0.931. The molecule has 0 aromatic carbocycles. The van der Waals surface area contributed by atoms with Gasteiger partial charge in [-0.15, -0.1) is 0 Å². The molecule has 0 spiro atoms. The van der Waals surface area contributed by atoms with Crippen molar-refractivity contribution >= 4 is 15.7 Å². The number of rotatable bonds is 7. The molecule has 10 nitrogen and oxygen atoms in total. The number of nitrogens with two attached hydrogens (primary N) is 1. The van der Waals surface area contributed by atoms with E-state index in [4.69, 9.17) is 10.6 Å². The van der Waals surface area contributed by atoms with Gasteiger partial charge in [-0.05, 0) is 89.1 Å². The highest BCUT2D eigenvalue weighted by atomic mass is 32.2. The van der Waals surface area contributed by atoms with Crippen LogP contribution in [0.3, 0.4) is 0 Å². The molecule has 5 atom stereocenters. The van der Waals surface area contributed by atoms with Crippen LogP contribution in [0.1, 0.15) is 64.2 Å². The lowest BCUT2D eigenvalue weighted by Gasteiger charge is -2.42. The zero-order valence-electron chi connectivity index (χ0n) is 21.7. The van der Waals surface area contributed by atoms with Gasteiger partial charge in [-0.25, -0.2) is 8.42 Å². The second-order valence-corrected chi connectivity index (χ2v) is 14.3. The number of hydrogen-bond acceptors (Lipinski definition) is 9. The number of nitrogens with zero attached hydrogens (tertiary/aromatic N) is 2. The standard InChI is InChI=1S/C25H46N6O4S/c1-36(33,34)20-6-4-17(5-7-20)16-31-12-2-3-21(31)25-28-24(29-35-25)19-8-11-27-22(15-19)30-13-9-18(10-14-30)23(26)32/h17-22,24-25,27-29H,2-16H2,1H3,(H2,26,32)/t17?,19?,20?,21-,22?,24?,25?/m0/s1. The van der Waals surface area contributed by atoms with Crippen molar-refractivity contribution in [3.05, 3.63) is 0 Å². The van der Waals surface area contributed by atoms with E-state index in [1.54, 1.807) is 0 Å². The average Bonchev–Trinajstić information content (AvgIpc) is 3.54. The van der Waals surface area contributed by atoms with E-state index in [9.17, 15) is 13.2 Å². The fourth-order valence-corrected chi connectivity index (χ4v) is 8.44. The summed E-state index contributed by atoms with van der Waals surface area (Å²) in [6.45, 7) is 4.97. The molecule has 206 valence electrons. The van der Waals surface area contributed by atoms with Gasteiger partial charge in [0.05, 0.1) is 23.6 Å². The minimum atomic E-state index is -2.91. The van der Waals surface area contributed by atoms with Crippen LogP contribution < -0.4 is 21.8 Å². The number of hydrogen-bond donors (Lipinski definition) is 4. The van der Waals surface area contributed by atoms with Gasteiger partial charge >= 0.3 is 0 Å². The molecule has 4 unspecified atom stereocenters. The number of carbonyl (C=O) groups excluding carboxylic acids is 1. The van der Waals surface area contributed by atoms with Crippen LogP contribution in [-0.4, -0.2) is 93.0 Å². The fourth-order valence-electron chi connectivity index (χ4n) is 7.31. The first-order chi connectivity index (χ1) is 17.3. The molecule has 0 aromatic rings. The highest BCUT2D eigenvalue weighted by molar-refractivity contribution is 7.91. The van der Waals surface area contributed by atoms with E-state index in [0.29, 0.717) is 24.0 Å². The first kappa shape index (κ1) is 26.8. The first-order valence-electron chi connectivity index (χ1n) is 14.1. The summed E-state index contributed by atoms with van der Waals surface area (Å²) in [5, 5.41) is 7.32. The Morgan fingerprint density at radius 2 is 1.78 bits per heavy atom. The maximum Gasteiger partial charge on any atom is 0.220 e. The van der Waals surface area contributed by atoms with Crippen LogP contribution >= 0.6 is 0 Å². The summed E-state index contributed by atoms with van der Waals surface area (Å²) in [6, 6.07) is 0.362. The molecule has 1 saturated carbocycles. The monoisotopic (exact) mass is 526 g/mol. The minimum absolute atomic E-state index is 0.00972. The van der Waals surface area contributed by atoms with Crippen molar-refractivity contribution in [3.63, 3.8) is 0 Å². The van der Waals surface area contributed by atoms with Crippen molar-refractivity contribution in [1.29, 1.82) is 0 Å².